The number of Topliss-reactive ketones (excluding diaryl/α,β-unsaturated/α-hetero) is 1. The van der Waals surface area contributed by atoms with Gasteiger partial charge in [-0.15, -0.1) is 0 Å². The van der Waals surface area contributed by atoms with E-state index in [1.807, 2.05) is 26.0 Å². The molecule has 1 saturated heterocycles. The Morgan fingerprint density at radius 2 is 2.03 bits per heavy atom. The van der Waals surface area contributed by atoms with Crippen molar-refractivity contribution in [2.45, 2.75) is 71.2 Å². The number of methoxy groups -OCH3 is 1. The number of carbonyl (C=O) groups is 2. The fraction of sp³-hybridized carbons (Fsp3) is 0.615. The maximum Gasteiger partial charge on any atom is 0.305 e. The maximum atomic E-state index is 13.5. The zero-order chi connectivity index (χ0) is 23.0. The van der Waals surface area contributed by atoms with E-state index in [2.05, 4.69) is 13.8 Å². The Kier molecular flexibility index (Phi) is 4.84. The summed E-state index contributed by atoms with van der Waals surface area (Å²) < 4.78 is 17.0. The van der Waals surface area contributed by atoms with Gasteiger partial charge in [0.2, 0.25) is 0 Å². The SMILES string of the molecule is COC(=O)C[C@H]1[C@]2(C)C3=C(C)[C@H](c4ccoc4)CC3O[C@@H]2[C@H](O)C2C(C)=CCC(=O)[C@@]21C. The number of carbonyl (C=O) groups excluding carboxylic acids is 2. The first-order valence-corrected chi connectivity index (χ1v) is 11.5. The van der Waals surface area contributed by atoms with Crippen molar-refractivity contribution in [1.82, 2.24) is 0 Å². The lowest BCUT2D eigenvalue weighted by atomic mass is 9.44. The van der Waals surface area contributed by atoms with Gasteiger partial charge in [-0.1, -0.05) is 31.1 Å². The molecule has 1 aliphatic heterocycles. The summed E-state index contributed by atoms with van der Waals surface area (Å²) in [4.78, 5) is 26.1. The topological polar surface area (TPSA) is 86.0 Å². The Morgan fingerprint density at radius 3 is 2.69 bits per heavy atom. The first-order valence-electron chi connectivity index (χ1n) is 11.5. The second-order valence-electron chi connectivity index (χ2n) is 10.4. The van der Waals surface area contributed by atoms with Gasteiger partial charge in [-0.25, -0.2) is 0 Å². The zero-order valence-electron chi connectivity index (χ0n) is 19.4. The van der Waals surface area contributed by atoms with Gasteiger partial charge in [0.05, 0.1) is 44.4 Å². The van der Waals surface area contributed by atoms with Crippen LogP contribution in [-0.2, 0) is 19.1 Å². The third-order valence-corrected chi connectivity index (χ3v) is 9.19. The number of allylic oxidation sites excluding steroid dienone is 2. The molecule has 8 atom stereocenters. The molecule has 1 saturated carbocycles. The van der Waals surface area contributed by atoms with Crippen molar-refractivity contribution in [3.8, 4) is 0 Å². The molecule has 0 bridgehead atoms. The van der Waals surface area contributed by atoms with E-state index in [0.29, 0.717) is 6.42 Å². The van der Waals surface area contributed by atoms with Crippen LogP contribution in [0.5, 0.6) is 0 Å². The van der Waals surface area contributed by atoms with Crippen molar-refractivity contribution in [3.63, 3.8) is 0 Å². The molecule has 1 N–H and O–H groups in total. The van der Waals surface area contributed by atoms with E-state index in [0.717, 1.165) is 23.1 Å². The fourth-order valence-electron chi connectivity index (χ4n) is 7.75. The highest BCUT2D eigenvalue weighted by Gasteiger charge is 2.71. The lowest BCUT2D eigenvalue weighted by Gasteiger charge is -2.59. The molecular formula is C26H32O6. The molecule has 1 aromatic heterocycles. The van der Waals surface area contributed by atoms with E-state index >= 15 is 0 Å². The lowest BCUT2D eigenvalue weighted by Crippen LogP contribution is -2.65. The summed E-state index contributed by atoms with van der Waals surface area (Å²) >= 11 is 0. The molecular weight excluding hydrogens is 408 g/mol. The number of aliphatic hydroxyl groups excluding tert-OH is 1. The Balaban J connectivity index is 1.70. The van der Waals surface area contributed by atoms with Gasteiger partial charge in [-0.05, 0) is 43.4 Å². The monoisotopic (exact) mass is 440 g/mol. The first kappa shape index (κ1) is 21.7. The molecule has 0 spiro atoms. The molecule has 4 aliphatic rings. The summed E-state index contributed by atoms with van der Waals surface area (Å²) in [5.41, 5.74) is 2.91. The number of esters is 1. The molecule has 2 fully saturated rings. The van der Waals surface area contributed by atoms with Crippen LogP contribution >= 0.6 is 0 Å². The summed E-state index contributed by atoms with van der Waals surface area (Å²) in [6, 6.07) is 1.98. The largest absolute Gasteiger partial charge is 0.472 e. The standard InChI is InChI=1S/C26H32O6/c1-13-6-7-19(27)25(3)18(11-20(28)30-5)26(4)22-14(2)16(15-8-9-31-12-15)10-17(22)32-24(26)23(29)21(13)25/h6,8-9,12,16-18,21,23-24,29H,7,10-11H2,1-5H3/t16-,17?,18-,21?,23-,24-,25+,26-/m1/s1. The van der Waals surface area contributed by atoms with Gasteiger partial charge in [0.15, 0.2) is 0 Å². The van der Waals surface area contributed by atoms with Crippen LogP contribution in [0.4, 0.5) is 0 Å². The molecule has 1 aromatic rings. The van der Waals surface area contributed by atoms with Crippen molar-refractivity contribution < 1.29 is 28.6 Å². The minimum atomic E-state index is -0.878. The minimum Gasteiger partial charge on any atom is -0.472 e. The molecule has 5 rings (SSSR count). The molecule has 2 unspecified atom stereocenters. The van der Waals surface area contributed by atoms with Gasteiger partial charge in [0.1, 0.15) is 5.78 Å². The second kappa shape index (κ2) is 7.16. The molecule has 6 heteroatoms. The van der Waals surface area contributed by atoms with E-state index in [-0.39, 0.29) is 42.0 Å². The van der Waals surface area contributed by atoms with E-state index in [4.69, 9.17) is 13.9 Å². The van der Waals surface area contributed by atoms with Crippen molar-refractivity contribution in [2.75, 3.05) is 7.11 Å². The predicted molar refractivity (Wildman–Crippen MR) is 117 cm³/mol. The second-order valence-corrected chi connectivity index (χ2v) is 10.4. The number of fused-ring (bicyclic) bond motifs is 4. The Labute approximate surface area is 188 Å². The number of furan rings is 1. The van der Waals surface area contributed by atoms with Crippen molar-refractivity contribution in [3.05, 3.63) is 47.0 Å². The van der Waals surface area contributed by atoms with Crippen LogP contribution < -0.4 is 0 Å². The van der Waals surface area contributed by atoms with Crippen molar-refractivity contribution >= 4 is 11.8 Å². The molecule has 0 amide bonds. The molecule has 3 aliphatic carbocycles. The third-order valence-electron chi connectivity index (χ3n) is 9.19. The quantitative estimate of drug-likeness (QED) is 0.566. The van der Waals surface area contributed by atoms with Crippen LogP contribution in [0.15, 0.2) is 45.8 Å². The summed E-state index contributed by atoms with van der Waals surface area (Å²) in [6.07, 6.45) is 5.13. The molecule has 6 nitrogen and oxygen atoms in total. The molecule has 172 valence electrons. The van der Waals surface area contributed by atoms with Crippen LogP contribution in [0, 0.1) is 22.7 Å². The Bertz CT molecular complexity index is 1020. The van der Waals surface area contributed by atoms with Gasteiger partial charge in [0.25, 0.3) is 0 Å². The highest BCUT2D eigenvalue weighted by Crippen LogP contribution is 2.68. The number of ether oxygens (including phenoxy) is 2. The average Bonchev–Trinajstić information content (AvgIpc) is 3.45. The summed E-state index contributed by atoms with van der Waals surface area (Å²) in [7, 11) is 1.39. The van der Waals surface area contributed by atoms with Crippen LogP contribution in [0.3, 0.4) is 0 Å². The Hall–Kier alpha value is -2.18. The van der Waals surface area contributed by atoms with E-state index in [1.54, 1.807) is 12.5 Å². The van der Waals surface area contributed by atoms with Crippen molar-refractivity contribution in [1.29, 1.82) is 0 Å². The minimum absolute atomic E-state index is 0.0758. The van der Waals surface area contributed by atoms with Crippen LogP contribution in [0.1, 0.15) is 58.4 Å². The van der Waals surface area contributed by atoms with E-state index < -0.39 is 23.0 Å². The lowest BCUT2D eigenvalue weighted by molar-refractivity contribution is -0.189. The molecule has 2 heterocycles. The fourth-order valence-corrected chi connectivity index (χ4v) is 7.75. The van der Waals surface area contributed by atoms with Gasteiger partial charge >= 0.3 is 5.97 Å². The zero-order valence-corrected chi connectivity index (χ0v) is 19.4. The van der Waals surface area contributed by atoms with Crippen LogP contribution in [-0.4, -0.2) is 42.3 Å². The maximum absolute atomic E-state index is 13.5. The van der Waals surface area contributed by atoms with Gasteiger partial charge < -0.3 is 19.0 Å². The molecule has 32 heavy (non-hydrogen) atoms. The van der Waals surface area contributed by atoms with Gasteiger partial charge in [0, 0.05) is 29.1 Å². The highest BCUT2D eigenvalue weighted by molar-refractivity contribution is 5.89. The van der Waals surface area contributed by atoms with Gasteiger partial charge in [-0.3, -0.25) is 9.59 Å². The summed E-state index contributed by atoms with van der Waals surface area (Å²) in [5, 5.41) is 11.6. The van der Waals surface area contributed by atoms with E-state index in [9.17, 15) is 14.7 Å². The number of hydrogen-bond donors (Lipinski definition) is 1. The number of ketones is 1. The predicted octanol–water partition coefficient (Wildman–Crippen LogP) is 3.95. The number of hydrogen-bond acceptors (Lipinski definition) is 6. The van der Waals surface area contributed by atoms with E-state index in [1.165, 1.54) is 12.7 Å². The average molecular weight is 441 g/mol. The van der Waals surface area contributed by atoms with Gasteiger partial charge in [-0.2, -0.15) is 0 Å². The van der Waals surface area contributed by atoms with Crippen LogP contribution in [0.2, 0.25) is 0 Å². The molecule has 0 aromatic carbocycles. The van der Waals surface area contributed by atoms with Crippen LogP contribution in [0.25, 0.3) is 0 Å². The first-order chi connectivity index (χ1) is 15.1. The third kappa shape index (κ3) is 2.59. The molecule has 0 radical (unpaired) electrons. The summed E-state index contributed by atoms with van der Waals surface area (Å²) in [5.74, 6) is -0.808. The number of rotatable bonds is 3. The van der Waals surface area contributed by atoms with Crippen molar-refractivity contribution in [2.24, 2.45) is 22.7 Å². The summed E-state index contributed by atoms with van der Waals surface area (Å²) in [6.45, 7) is 8.13. The highest BCUT2D eigenvalue weighted by atomic mass is 16.5. The number of aliphatic hydroxyl groups is 1. The smallest absolute Gasteiger partial charge is 0.305 e. The normalized spacial score (nSPS) is 42.9. The Morgan fingerprint density at radius 1 is 1.28 bits per heavy atom.